The first-order valence-corrected chi connectivity index (χ1v) is 4.45. The van der Waals surface area contributed by atoms with E-state index in [9.17, 15) is 4.79 Å². The number of nitrogens with one attached hydrogen (secondary N) is 1. The molecule has 1 rings (SSSR count). The van der Waals surface area contributed by atoms with Crippen molar-refractivity contribution < 1.29 is 9.90 Å². The van der Waals surface area contributed by atoms with E-state index in [2.05, 4.69) is 16.2 Å². The summed E-state index contributed by atoms with van der Waals surface area (Å²) in [4.78, 5) is 15.1. The van der Waals surface area contributed by atoms with Gasteiger partial charge in [0.2, 0.25) is 0 Å². The second-order valence-electron chi connectivity index (χ2n) is 3.13. The number of pyridine rings is 1. The highest BCUT2D eigenvalue weighted by atomic mass is 16.4. The summed E-state index contributed by atoms with van der Waals surface area (Å²) >= 11 is 0. The summed E-state index contributed by atoms with van der Waals surface area (Å²) in [5.74, 6) is 1.40. The van der Waals surface area contributed by atoms with Crippen molar-refractivity contribution in [1.29, 1.82) is 0 Å². The molecule has 0 unspecified atom stereocenters. The highest BCUT2D eigenvalue weighted by Crippen LogP contribution is 2.19. The number of aromatic carboxylic acids is 1. The summed E-state index contributed by atoms with van der Waals surface area (Å²) in [5, 5.41) is 11.9. The maximum absolute atomic E-state index is 11.0. The predicted molar refractivity (Wildman–Crippen MR) is 58.0 cm³/mol. The van der Waals surface area contributed by atoms with Crippen LogP contribution in [0.2, 0.25) is 0 Å². The number of aromatic nitrogens is 1. The number of aryl methyl sites for hydroxylation is 2. The fourth-order valence-electron chi connectivity index (χ4n) is 1.38. The van der Waals surface area contributed by atoms with Gasteiger partial charge in [-0.3, -0.25) is 4.98 Å². The second-order valence-corrected chi connectivity index (χ2v) is 3.13. The van der Waals surface area contributed by atoms with Crippen molar-refractivity contribution in [3.63, 3.8) is 0 Å². The van der Waals surface area contributed by atoms with E-state index in [1.165, 1.54) is 0 Å². The molecule has 0 aliphatic heterocycles. The minimum atomic E-state index is -1.00. The Labute approximate surface area is 88.3 Å². The molecule has 0 amide bonds. The molecule has 0 aromatic carbocycles. The van der Waals surface area contributed by atoms with Gasteiger partial charge in [0.1, 0.15) is 5.56 Å². The average Bonchev–Trinajstić information content (AvgIpc) is 2.12. The highest BCUT2D eigenvalue weighted by Gasteiger charge is 2.14. The first-order valence-electron chi connectivity index (χ1n) is 4.45. The predicted octanol–water partition coefficient (Wildman–Crippen LogP) is 1.44. The molecule has 2 N–H and O–H groups in total. The van der Waals surface area contributed by atoms with Crippen LogP contribution in [0, 0.1) is 26.2 Å². The molecule has 1 heterocycles. The zero-order valence-electron chi connectivity index (χ0n) is 8.66. The Morgan fingerprint density at radius 2 is 2.33 bits per heavy atom. The molecule has 0 aliphatic carbocycles. The number of carboxylic acid groups (broad SMARTS) is 1. The Balaban J connectivity index is 3.22. The van der Waals surface area contributed by atoms with Crippen molar-refractivity contribution in [2.75, 3.05) is 11.9 Å². The number of carbonyl (C=O) groups is 1. The van der Waals surface area contributed by atoms with Crippen LogP contribution >= 0.6 is 0 Å². The van der Waals surface area contributed by atoms with Gasteiger partial charge in [0.15, 0.2) is 0 Å². The standard InChI is InChI=1S/C11H12N2O2/c1-4-5-12-9-6-7(2)13-8(3)10(9)11(14)15/h1,6H,5H2,2-3H3,(H,12,13)(H,14,15). The van der Waals surface area contributed by atoms with Gasteiger partial charge in [-0.2, -0.15) is 0 Å². The van der Waals surface area contributed by atoms with Crippen LogP contribution in [-0.2, 0) is 0 Å². The van der Waals surface area contributed by atoms with E-state index >= 15 is 0 Å². The lowest BCUT2D eigenvalue weighted by molar-refractivity contribution is 0.0696. The second kappa shape index (κ2) is 4.47. The first-order chi connectivity index (χ1) is 7.06. The molecule has 0 fully saturated rings. The van der Waals surface area contributed by atoms with Crippen LogP contribution in [0.25, 0.3) is 0 Å². The van der Waals surface area contributed by atoms with Crippen LogP contribution in [0.3, 0.4) is 0 Å². The van der Waals surface area contributed by atoms with Gasteiger partial charge in [0, 0.05) is 5.69 Å². The van der Waals surface area contributed by atoms with E-state index in [0.717, 1.165) is 5.69 Å². The summed E-state index contributed by atoms with van der Waals surface area (Å²) in [6, 6.07) is 1.67. The third kappa shape index (κ3) is 2.47. The third-order valence-corrected chi connectivity index (χ3v) is 1.92. The van der Waals surface area contributed by atoms with Crippen molar-refractivity contribution in [2.45, 2.75) is 13.8 Å². The number of terminal acetylenes is 1. The largest absolute Gasteiger partial charge is 0.478 e. The van der Waals surface area contributed by atoms with Crippen LogP contribution in [-0.4, -0.2) is 22.6 Å². The minimum Gasteiger partial charge on any atom is -0.478 e. The topological polar surface area (TPSA) is 62.2 Å². The zero-order chi connectivity index (χ0) is 11.4. The average molecular weight is 204 g/mol. The number of rotatable bonds is 3. The van der Waals surface area contributed by atoms with Gasteiger partial charge >= 0.3 is 5.97 Å². The molecule has 0 saturated carbocycles. The molecule has 4 heteroatoms. The molecule has 4 nitrogen and oxygen atoms in total. The van der Waals surface area contributed by atoms with E-state index in [1.807, 2.05) is 0 Å². The first kappa shape index (κ1) is 11.1. The van der Waals surface area contributed by atoms with Gasteiger partial charge in [-0.1, -0.05) is 5.92 Å². The summed E-state index contributed by atoms with van der Waals surface area (Å²) in [6.07, 6.45) is 5.10. The van der Waals surface area contributed by atoms with E-state index in [1.54, 1.807) is 19.9 Å². The van der Waals surface area contributed by atoms with E-state index in [-0.39, 0.29) is 5.56 Å². The highest BCUT2D eigenvalue weighted by molar-refractivity contribution is 5.95. The maximum Gasteiger partial charge on any atom is 0.339 e. The van der Waals surface area contributed by atoms with Crippen LogP contribution in [0.1, 0.15) is 21.7 Å². The Kier molecular flexibility index (Phi) is 3.29. The molecule has 0 radical (unpaired) electrons. The van der Waals surface area contributed by atoms with Crippen LogP contribution < -0.4 is 5.32 Å². The number of hydrogen-bond acceptors (Lipinski definition) is 3. The summed E-state index contributed by atoms with van der Waals surface area (Å²) in [5.41, 5.74) is 1.94. The van der Waals surface area contributed by atoms with Gasteiger partial charge in [-0.05, 0) is 19.9 Å². The fraction of sp³-hybridized carbons (Fsp3) is 0.273. The van der Waals surface area contributed by atoms with Gasteiger partial charge in [-0.15, -0.1) is 6.42 Å². The van der Waals surface area contributed by atoms with Crippen molar-refractivity contribution in [3.8, 4) is 12.3 Å². The maximum atomic E-state index is 11.0. The number of anilines is 1. The molecule has 1 aromatic heterocycles. The Bertz CT molecular complexity index is 433. The van der Waals surface area contributed by atoms with Crippen molar-refractivity contribution in [2.24, 2.45) is 0 Å². The van der Waals surface area contributed by atoms with Gasteiger partial charge in [0.25, 0.3) is 0 Å². The quantitative estimate of drug-likeness (QED) is 0.731. The Hall–Kier alpha value is -2.02. The Morgan fingerprint density at radius 1 is 1.67 bits per heavy atom. The van der Waals surface area contributed by atoms with Crippen molar-refractivity contribution in [1.82, 2.24) is 4.98 Å². The number of nitrogens with zero attached hydrogens (tertiary/aromatic N) is 1. The smallest absolute Gasteiger partial charge is 0.339 e. The molecule has 0 bridgehead atoms. The molecule has 15 heavy (non-hydrogen) atoms. The molecule has 1 aromatic rings. The lowest BCUT2D eigenvalue weighted by Crippen LogP contribution is -2.10. The normalized spacial score (nSPS) is 9.40. The van der Waals surface area contributed by atoms with Gasteiger partial charge < -0.3 is 10.4 Å². The fourth-order valence-corrected chi connectivity index (χ4v) is 1.38. The SMILES string of the molecule is C#CCNc1cc(C)nc(C)c1C(=O)O. The third-order valence-electron chi connectivity index (χ3n) is 1.92. The molecule has 0 aliphatic rings. The minimum absolute atomic E-state index is 0.177. The van der Waals surface area contributed by atoms with Gasteiger partial charge in [-0.25, -0.2) is 4.79 Å². The van der Waals surface area contributed by atoms with Crippen LogP contribution in [0.15, 0.2) is 6.07 Å². The number of carboxylic acids is 1. The lowest BCUT2D eigenvalue weighted by Gasteiger charge is -2.10. The van der Waals surface area contributed by atoms with E-state index in [4.69, 9.17) is 11.5 Å². The number of hydrogen-bond donors (Lipinski definition) is 2. The summed E-state index contributed by atoms with van der Waals surface area (Å²) < 4.78 is 0. The van der Waals surface area contributed by atoms with Crippen molar-refractivity contribution in [3.05, 3.63) is 23.0 Å². The molecule has 0 saturated heterocycles. The molecule has 78 valence electrons. The van der Waals surface area contributed by atoms with Crippen molar-refractivity contribution >= 4 is 11.7 Å². The molecule has 0 spiro atoms. The monoisotopic (exact) mass is 204 g/mol. The van der Waals surface area contributed by atoms with Crippen LogP contribution in [0.4, 0.5) is 5.69 Å². The molecular weight excluding hydrogens is 192 g/mol. The van der Waals surface area contributed by atoms with E-state index < -0.39 is 5.97 Å². The summed E-state index contributed by atoms with van der Waals surface area (Å²) in [7, 11) is 0. The zero-order valence-corrected chi connectivity index (χ0v) is 8.66. The van der Waals surface area contributed by atoms with E-state index in [0.29, 0.717) is 17.9 Å². The molecular formula is C11H12N2O2. The van der Waals surface area contributed by atoms with Gasteiger partial charge in [0.05, 0.1) is 17.9 Å². The van der Waals surface area contributed by atoms with Crippen LogP contribution in [0.5, 0.6) is 0 Å². The molecule has 0 atom stereocenters. The Morgan fingerprint density at radius 3 is 2.87 bits per heavy atom. The lowest BCUT2D eigenvalue weighted by atomic mass is 10.1. The summed E-state index contributed by atoms with van der Waals surface area (Å²) in [6.45, 7) is 3.76.